The number of hydrogen-bond donors (Lipinski definition) is 6. The molecule has 0 heterocycles. The lowest BCUT2D eigenvalue weighted by Crippen LogP contribution is -2.37. The molecule has 0 bridgehead atoms. The van der Waals surface area contributed by atoms with Gasteiger partial charge in [0.15, 0.2) is 0 Å². The minimum atomic E-state index is -0.695. The van der Waals surface area contributed by atoms with Gasteiger partial charge in [-0.25, -0.2) is 5.90 Å². The summed E-state index contributed by atoms with van der Waals surface area (Å²) < 4.78 is 0. The summed E-state index contributed by atoms with van der Waals surface area (Å²) in [5, 5.41) is 18.7. The van der Waals surface area contributed by atoms with Crippen LogP contribution in [0.4, 0.5) is 11.4 Å². The Morgan fingerprint density at radius 3 is 2.18 bits per heavy atom. The van der Waals surface area contributed by atoms with Gasteiger partial charge in [-0.2, -0.15) is 0 Å². The van der Waals surface area contributed by atoms with Crippen molar-refractivity contribution in [3.63, 3.8) is 0 Å². The number of phenols is 1. The van der Waals surface area contributed by atoms with Crippen molar-refractivity contribution in [2.45, 2.75) is 12.5 Å². The first-order chi connectivity index (χ1) is 13.5. The van der Waals surface area contributed by atoms with E-state index in [1.54, 1.807) is 24.3 Å². The molecular formula is C21H24N4O3. The van der Waals surface area contributed by atoms with Crippen molar-refractivity contribution in [3.05, 3.63) is 78.4 Å². The van der Waals surface area contributed by atoms with Crippen LogP contribution < -0.4 is 22.7 Å². The monoisotopic (exact) mass is 380 g/mol. The van der Waals surface area contributed by atoms with E-state index in [1.807, 2.05) is 48.5 Å². The third-order valence-corrected chi connectivity index (χ3v) is 4.14. The van der Waals surface area contributed by atoms with Crippen LogP contribution >= 0.6 is 0 Å². The van der Waals surface area contributed by atoms with E-state index in [9.17, 15) is 9.90 Å². The molecule has 146 valence electrons. The lowest BCUT2D eigenvalue weighted by Gasteiger charge is -2.15. The van der Waals surface area contributed by atoms with Gasteiger partial charge in [0.2, 0.25) is 5.91 Å². The third kappa shape index (κ3) is 5.55. The van der Waals surface area contributed by atoms with Crippen LogP contribution in [-0.4, -0.2) is 22.3 Å². The molecule has 3 aromatic carbocycles. The predicted octanol–water partition coefficient (Wildman–Crippen LogP) is 2.48. The van der Waals surface area contributed by atoms with Crippen molar-refractivity contribution >= 4 is 17.3 Å². The van der Waals surface area contributed by atoms with Crippen molar-refractivity contribution in [2.24, 2.45) is 11.6 Å². The summed E-state index contributed by atoms with van der Waals surface area (Å²) in [6.07, 6.45) is 0.385. The fraction of sp³-hybridized carbons (Fsp3) is 0.0952. The number of carbonyl (C=O) groups is 1. The molecule has 1 amide bonds. The number of carbonyl (C=O) groups excluding carboxylic acids is 1. The molecule has 9 N–H and O–H groups in total. The Morgan fingerprint density at radius 2 is 1.54 bits per heavy atom. The van der Waals surface area contributed by atoms with Gasteiger partial charge in [0.05, 0.1) is 6.04 Å². The Balaban J connectivity index is 0.00000136. The summed E-state index contributed by atoms with van der Waals surface area (Å²) in [6.45, 7) is 0. The number of amides is 1. The van der Waals surface area contributed by atoms with Crippen molar-refractivity contribution in [1.29, 1.82) is 0 Å². The zero-order chi connectivity index (χ0) is 20.5. The molecule has 0 saturated heterocycles. The van der Waals surface area contributed by atoms with Gasteiger partial charge in [0.25, 0.3) is 0 Å². The first-order valence-electron chi connectivity index (χ1n) is 8.58. The number of phenolic OH excluding ortho intramolecular Hbond substituents is 1. The molecule has 7 heteroatoms. The summed E-state index contributed by atoms with van der Waals surface area (Å²) in [7, 11) is 0. The van der Waals surface area contributed by atoms with E-state index >= 15 is 0 Å². The molecule has 0 fully saturated rings. The maximum atomic E-state index is 12.5. The normalized spacial score (nSPS) is 11.1. The van der Waals surface area contributed by atoms with E-state index in [-0.39, 0.29) is 11.7 Å². The van der Waals surface area contributed by atoms with Gasteiger partial charge in [0, 0.05) is 16.9 Å². The van der Waals surface area contributed by atoms with Gasteiger partial charge >= 0.3 is 0 Å². The highest BCUT2D eigenvalue weighted by molar-refractivity contribution is 5.98. The average Bonchev–Trinajstić information content (AvgIpc) is 2.72. The number of para-hydroxylation sites is 1. The van der Waals surface area contributed by atoms with E-state index in [2.05, 4.69) is 11.2 Å². The predicted molar refractivity (Wildman–Crippen MR) is 111 cm³/mol. The Hall–Kier alpha value is -3.39. The molecule has 7 nitrogen and oxygen atoms in total. The van der Waals surface area contributed by atoms with Gasteiger partial charge in [-0.3, -0.25) is 4.79 Å². The molecule has 1 atom stereocenters. The van der Waals surface area contributed by atoms with Crippen LogP contribution in [0.15, 0.2) is 72.8 Å². The quantitative estimate of drug-likeness (QED) is 0.296. The number of rotatable bonds is 5. The molecule has 0 aliphatic rings. The third-order valence-electron chi connectivity index (χ3n) is 4.14. The van der Waals surface area contributed by atoms with Crippen LogP contribution in [0, 0.1) is 0 Å². The summed E-state index contributed by atoms with van der Waals surface area (Å²) in [5.74, 6) is 3.42. The second kappa shape index (κ2) is 10.1. The Morgan fingerprint density at radius 1 is 0.929 bits per heavy atom. The molecule has 0 saturated carbocycles. The maximum Gasteiger partial charge on any atom is 0.241 e. The fourth-order valence-electron chi connectivity index (χ4n) is 2.71. The number of nitrogen functional groups attached to an aromatic ring is 1. The van der Waals surface area contributed by atoms with Crippen LogP contribution in [0.3, 0.4) is 0 Å². The molecule has 0 aromatic heterocycles. The number of benzene rings is 3. The second-order valence-electron chi connectivity index (χ2n) is 6.13. The molecule has 1 unspecified atom stereocenters. The zero-order valence-corrected chi connectivity index (χ0v) is 15.2. The first kappa shape index (κ1) is 20.9. The lowest BCUT2D eigenvalue weighted by atomic mass is 10.0. The summed E-state index contributed by atoms with van der Waals surface area (Å²) in [6, 6.07) is 21.0. The minimum Gasteiger partial charge on any atom is -0.508 e. The smallest absolute Gasteiger partial charge is 0.241 e. The topological polar surface area (TPSA) is 148 Å². The molecule has 0 spiro atoms. The number of hydrogen-bond acceptors (Lipinski definition) is 6. The van der Waals surface area contributed by atoms with E-state index in [0.29, 0.717) is 17.8 Å². The zero-order valence-electron chi connectivity index (χ0n) is 15.2. The Kier molecular flexibility index (Phi) is 7.53. The highest BCUT2D eigenvalue weighted by atomic mass is 16.4. The van der Waals surface area contributed by atoms with E-state index in [1.165, 1.54) is 0 Å². The number of nitrogens with one attached hydrogen (secondary N) is 1. The van der Waals surface area contributed by atoms with Crippen LogP contribution in [0.1, 0.15) is 5.56 Å². The summed E-state index contributed by atoms with van der Waals surface area (Å²) in [5.41, 5.74) is 15.9. The second-order valence-corrected chi connectivity index (χ2v) is 6.13. The van der Waals surface area contributed by atoms with Gasteiger partial charge < -0.3 is 27.1 Å². The van der Waals surface area contributed by atoms with Crippen molar-refractivity contribution in [3.8, 4) is 16.9 Å². The van der Waals surface area contributed by atoms with Crippen LogP contribution in [0.2, 0.25) is 0 Å². The highest BCUT2D eigenvalue weighted by Gasteiger charge is 2.16. The lowest BCUT2D eigenvalue weighted by molar-refractivity contribution is -0.117. The van der Waals surface area contributed by atoms with Crippen molar-refractivity contribution in [1.82, 2.24) is 0 Å². The van der Waals surface area contributed by atoms with Crippen LogP contribution in [0.5, 0.6) is 5.75 Å². The Labute approximate surface area is 163 Å². The minimum absolute atomic E-state index is 0.184. The van der Waals surface area contributed by atoms with E-state index in [0.717, 1.165) is 16.7 Å². The summed E-state index contributed by atoms with van der Waals surface area (Å²) in [4.78, 5) is 12.5. The van der Waals surface area contributed by atoms with Crippen LogP contribution in [-0.2, 0) is 11.2 Å². The first-order valence-corrected chi connectivity index (χ1v) is 8.58. The summed E-state index contributed by atoms with van der Waals surface area (Å²) >= 11 is 0. The highest BCUT2D eigenvalue weighted by Crippen LogP contribution is 2.28. The maximum absolute atomic E-state index is 12.5. The number of anilines is 2. The molecule has 3 aromatic rings. The van der Waals surface area contributed by atoms with Gasteiger partial charge in [-0.1, -0.05) is 42.5 Å². The molecule has 0 radical (unpaired) electrons. The van der Waals surface area contributed by atoms with Gasteiger partial charge in [-0.15, -0.1) is 0 Å². The average molecular weight is 380 g/mol. The largest absolute Gasteiger partial charge is 0.508 e. The molecule has 0 aliphatic heterocycles. The Bertz CT molecular complexity index is 896. The van der Waals surface area contributed by atoms with Gasteiger partial charge in [-0.05, 0) is 47.9 Å². The van der Waals surface area contributed by atoms with Gasteiger partial charge in [0.1, 0.15) is 5.75 Å². The van der Waals surface area contributed by atoms with Crippen molar-refractivity contribution < 1.29 is 15.1 Å². The standard InChI is InChI=1S/C21H21N3O2.H3NO/c22-16-9-7-15(8-10-16)18-3-1-2-4-20(18)24-21(26)19(23)13-14-5-11-17(25)12-6-14;1-2/h1-12,19,25H,13,22-23H2,(H,24,26);2H,1H2. The van der Waals surface area contributed by atoms with E-state index in [4.69, 9.17) is 16.7 Å². The number of nitrogens with two attached hydrogens (primary N) is 3. The molecule has 3 rings (SSSR count). The molecule has 0 aliphatic carbocycles. The molecule has 28 heavy (non-hydrogen) atoms. The molecular weight excluding hydrogens is 356 g/mol. The van der Waals surface area contributed by atoms with E-state index < -0.39 is 6.04 Å². The van der Waals surface area contributed by atoms with Crippen LogP contribution in [0.25, 0.3) is 11.1 Å². The number of aromatic hydroxyl groups is 1. The SMILES string of the molecule is NO.Nc1ccc(-c2ccccc2NC(=O)C(N)Cc2ccc(O)cc2)cc1. The van der Waals surface area contributed by atoms with Crippen molar-refractivity contribution in [2.75, 3.05) is 11.1 Å². The fourth-order valence-corrected chi connectivity index (χ4v) is 2.71.